The van der Waals surface area contributed by atoms with Crippen molar-refractivity contribution in [3.05, 3.63) is 18.3 Å². The van der Waals surface area contributed by atoms with Gasteiger partial charge in [0.05, 0.1) is 11.9 Å². The minimum Gasteiger partial charge on any atom is -0.444 e. The topological polar surface area (TPSA) is 108 Å². The molecule has 1 aliphatic heterocycles. The smallest absolute Gasteiger partial charge is 0.437 e. The van der Waals surface area contributed by atoms with Crippen LogP contribution < -0.4 is 15.5 Å². The molecule has 10 nitrogen and oxygen atoms in total. The van der Waals surface area contributed by atoms with Crippen molar-refractivity contribution in [1.29, 1.82) is 0 Å². The van der Waals surface area contributed by atoms with E-state index in [0.717, 1.165) is 38.4 Å². The van der Waals surface area contributed by atoms with Gasteiger partial charge in [0.2, 0.25) is 5.96 Å². The molecule has 0 saturated carbocycles. The van der Waals surface area contributed by atoms with Crippen molar-refractivity contribution in [3.63, 3.8) is 0 Å². The summed E-state index contributed by atoms with van der Waals surface area (Å²) in [6, 6.07) is 3.71. The normalized spacial score (nSPS) is 15.8. The second-order valence-corrected chi connectivity index (χ2v) is 9.52. The first kappa shape index (κ1) is 25.4. The average Bonchev–Trinajstić information content (AvgIpc) is 2.65. The van der Waals surface area contributed by atoms with Gasteiger partial charge in [-0.1, -0.05) is 6.92 Å². The summed E-state index contributed by atoms with van der Waals surface area (Å²) in [5.41, 5.74) is -0.417. The molecule has 0 spiro atoms. The number of nitrogens with one attached hydrogen (secondary N) is 2. The minimum absolute atomic E-state index is 0.134. The molecule has 2 heterocycles. The minimum atomic E-state index is -0.846. The molecule has 2 amide bonds. The van der Waals surface area contributed by atoms with Crippen LogP contribution in [-0.4, -0.2) is 72.0 Å². The fourth-order valence-electron chi connectivity index (χ4n) is 2.95. The van der Waals surface area contributed by atoms with E-state index in [0.29, 0.717) is 5.82 Å². The lowest BCUT2D eigenvalue weighted by Crippen LogP contribution is -2.46. The molecule has 0 aromatic carbocycles. The number of aliphatic imine (C=N–C) groups is 1. The molecular formula is C22H36N6O4. The highest BCUT2D eigenvalue weighted by atomic mass is 16.6. The van der Waals surface area contributed by atoms with Gasteiger partial charge in [0.1, 0.15) is 17.0 Å². The number of carbonyl (C=O) groups excluding carboxylic acids is 2. The number of likely N-dealkylation sites (N-methyl/N-ethyl adjacent to an activating group) is 1. The third kappa shape index (κ3) is 9.09. The van der Waals surface area contributed by atoms with Crippen LogP contribution in [0.15, 0.2) is 23.3 Å². The van der Waals surface area contributed by atoms with Crippen molar-refractivity contribution >= 4 is 29.7 Å². The molecule has 1 aromatic heterocycles. The number of guanidine groups is 1. The summed E-state index contributed by atoms with van der Waals surface area (Å²) in [6.45, 7) is 17.6. The van der Waals surface area contributed by atoms with Gasteiger partial charge >= 0.3 is 12.2 Å². The van der Waals surface area contributed by atoms with E-state index in [4.69, 9.17) is 9.47 Å². The van der Waals surface area contributed by atoms with E-state index in [2.05, 4.69) is 37.3 Å². The highest BCUT2D eigenvalue weighted by molar-refractivity contribution is 6.05. The van der Waals surface area contributed by atoms with E-state index in [1.807, 2.05) is 6.07 Å². The number of alkyl carbamates (subject to hydrolysis) is 1. The highest BCUT2D eigenvalue weighted by Crippen LogP contribution is 2.17. The standard InChI is InChI=1S/C22H36N6O4/c1-8-27-11-13-28(14-12-27)16-9-10-17(23-15-16)24-18(25-19(29)31-21(2,3)4)26-20(30)32-22(5,6)7/h9-10,15H,8,11-14H2,1-7H3,(H2,23,24,25,26,29,30). The lowest BCUT2D eigenvalue weighted by Gasteiger charge is -2.35. The first-order valence-electron chi connectivity index (χ1n) is 10.9. The van der Waals surface area contributed by atoms with Crippen molar-refractivity contribution < 1.29 is 19.1 Å². The third-order valence-corrected chi connectivity index (χ3v) is 4.39. The molecule has 0 aliphatic carbocycles. The van der Waals surface area contributed by atoms with Crippen molar-refractivity contribution in [2.24, 2.45) is 4.99 Å². The average molecular weight is 449 g/mol. The Hall–Kier alpha value is -2.88. The van der Waals surface area contributed by atoms with Gasteiger partial charge in [-0.2, -0.15) is 0 Å². The molecule has 32 heavy (non-hydrogen) atoms. The van der Waals surface area contributed by atoms with Crippen LogP contribution in [0.1, 0.15) is 48.5 Å². The summed E-state index contributed by atoms with van der Waals surface area (Å²) < 4.78 is 10.5. The van der Waals surface area contributed by atoms with Crippen molar-refractivity contribution in [2.45, 2.75) is 59.7 Å². The summed E-state index contributed by atoms with van der Waals surface area (Å²) in [7, 11) is 0. The zero-order valence-corrected chi connectivity index (χ0v) is 20.2. The summed E-state index contributed by atoms with van der Waals surface area (Å²) in [5.74, 6) is 0.282. The SMILES string of the molecule is CCN1CCN(c2ccc(NC(=NC(=O)OC(C)(C)C)NC(=O)OC(C)(C)C)nc2)CC1. The van der Waals surface area contributed by atoms with Gasteiger partial charge in [-0.05, 0) is 60.2 Å². The van der Waals surface area contributed by atoms with E-state index in [1.165, 1.54) is 0 Å². The molecule has 1 aromatic rings. The summed E-state index contributed by atoms with van der Waals surface area (Å²) in [6.07, 6.45) is 0.155. The predicted molar refractivity (Wildman–Crippen MR) is 125 cm³/mol. The number of piperazine rings is 1. The van der Waals surface area contributed by atoms with Crippen molar-refractivity contribution in [3.8, 4) is 0 Å². The van der Waals surface area contributed by atoms with Gasteiger partial charge in [-0.25, -0.2) is 14.6 Å². The highest BCUT2D eigenvalue weighted by Gasteiger charge is 2.21. The zero-order valence-electron chi connectivity index (χ0n) is 20.2. The first-order valence-corrected chi connectivity index (χ1v) is 10.9. The Balaban J connectivity index is 2.10. The maximum atomic E-state index is 12.2. The molecule has 0 radical (unpaired) electrons. The van der Waals surface area contributed by atoms with Gasteiger partial charge < -0.3 is 24.6 Å². The molecule has 1 fully saturated rings. The number of anilines is 2. The number of aromatic nitrogens is 1. The van der Waals surface area contributed by atoms with Crippen LogP contribution in [-0.2, 0) is 9.47 Å². The first-order chi connectivity index (χ1) is 14.8. The second-order valence-electron chi connectivity index (χ2n) is 9.52. The number of amides is 2. The fraction of sp³-hybridized carbons (Fsp3) is 0.636. The van der Waals surface area contributed by atoms with E-state index < -0.39 is 23.4 Å². The lowest BCUT2D eigenvalue weighted by molar-refractivity contribution is 0.0562. The van der Waals surface area contributed by atoms with Crippen LogP contribution in [0.2, 0.25) is 0 Å². The van der Waals surface area contributed by atoms with E-state index in [1.54, 1.807) is 53.8 Å². The van der Waals surface area contributed by atoms with Gasteiger partial charge in [-0.3, -0.25) is 5.32 Å². The Bertz CT molecular complexity index is 803. The van der Waals surface area contributed by atoms with Gasteiger partial charge in [0, 0.05) is 26.2 Å². The van der Waals surface area contributed by atoms with Crippen LogP contribution in [0, 0.1) is 0 Å². The maximum Gasteiger partial charge on any atom is 0.437 e. The van der Waals surface area contributed by atoms with E-state index >= 15 is 0 Å². The van der Waals surface area contributed by atoms with E-state index in [9.17, 15) is 9.59 Å². The number of rotatable bonds is 3. The van der Waals surface area contributed by atoms with Gasteiger partial charge in [0.15, 0.2) is 0 Å². The molecule has 10 heteroatoms. The van der Waals surface area contributed by atoms with Crippen LogP contribution in [0.3, 0.4) is 0 Å². The molecule has 0 bridgehead atoms. The van der Waals surface area contributed by atoms with Crippen LogP contribution in [0.5, 0.6) is 0 Å². The molecule has 1 aliphatic rings. The van der Waals surface area contributed by atoms with Gasteiger partial charge in [-0.15, -0.1) is 4.99 Å². The molecule has 2 rings (SSSR count). The second kappa shape index (κ2) is 10.6. The maximum absolute atomic E-state index is 12.2. The third-order valence-electron chi connectivity index (χ3n) is 4.39. The number of carbonyl (C=O) groups is 2. The van der Waals surface area contributed by atoms with Crippen LogP contribution in [0.4, 0.5) is 21.1 Å². The number of hydrogen-bond acceptors (Lipinski definition) is 7. The lowest BCUT2D eigenvalue weighted by atomic mass is 10.2. The van der Waals surface area contributed by atoms with Crippen molar-refractivity contribution in [2.75, 3.05) is 42.9 Å². The Morgan fingerprint density at radius 2 is 1.66 bits per heavy atom. The molecular weight excluding hydrogens is 412 g/mol. The molecule has 1 saturated heterocycles. The van der Waals surface area contributed by atoms with Crippen LogP contribution >= 0.6 is 0 Å². The van der Waals surface area contributed by atoms with Crippen LogP contribution in [0.25, 0.3) is 0 Å². The Kier molecular flexibility index (Phi) is 8.43. The molecule has 178 valence electrons. The Labute approximate surface area is 190 Å². The summed E-state index contributed by atoms with van der Waals surface area (Å²) in [4.78, 5) is 37.3. The largest absolute Gasteiger partial charge is 0.444 e. The van der Waals surface area contributed by atoms with Crippen molar-refractivity contribution in [1.82, 2.24) is 15.2 Å². The van der Waals surface area contributed by atoms with E-state index in [-0.39, 0.29) is 5.96 Å². The number of ether oxygens (including phenoxy) is 2. The number of hydrogen-bond donors (Lipinski definition) is 2. The number of nitrogens with zero attached hydrogens (tertiary/aromatic N) is 4. The summed E-state index contributed by atoms with van der Waals surface area (Å²) in [5, 5.41) is 5.31. The predicted octanol–water partition coefficient (Wildman–Crippen LogP) is 3.45. The number of pyridine rings is 1. The van der Waals surface area contributed by atoms with Gasteiger partial charge in [0.25, 0.3) is 0 Å². The Morgan fingerprint density at radius 1 is 1.03 bits per heavy atom. The fourth-order valence-corrected chi connectivity index (χ4v) is 2.95. The Morgan fingerprint density at radius 3 is 2.16 bits per heavy atom. The molecule has 0 unspecified atom stereocenters. The molecule has 2 N–H and O–H groups in total. The summed E-state index contributed by atoms with van der Waals surface area (Å²) >= 11 is 0. The quantitative estimate of drug-likeness (QED) is 0.535. The zero-order chi connectivity index (χ0) is 23.9. The monoisotopic (exact) mass is 448 g/mol. The molecule has 0 atom stereocenters.